The monoisotopic (exact) mass is 324 g/mol. The lowest BCUT2D eigenvalue weighted by Crippen LogP contribution is -2.37. The van der Waals surface area contributed by atoms with Gasteiger partial charge in [0.1, 0.15) is 13.2 Å². The van der Waals surface area contributed by atoms with Gasteiger partial charge in [0.15, 0.2) is 0 Å². The number of hydrogen-bond acceptors (Lipinski definition) is 4. The molecule has 3 rings (SSSR count). The van der Waals surface area contributed by atoms with Crippen molar-refractivity contribution in [3.8, 4) is 0 Å². The van der Waals surface area contributed by atoms with Crippen LogP contribution in [0.1, 0.15) is 24.0 Å². The number of ether oxygens (including phenoxy) is 2. The van der Waals surface area contributed by atoms with Gasteiger partial charge in [-0.2, -0.15) is 0 Å². The maximum atomic E-state index is 12.0. The fraction of sp³-hybridized carbons (Fsp3) is 0.300. The third-order valence-electron chi connectivity index (χ3n) is 4.25. The Balaban J connectivity index is 1.37. The molecule has 2 aromatic carbocycles. The highest BCUT2D eigenvalue weighted by Crippen LogP contribution is 2.35. The molecule has 2 aromatic rings. The molecule has 0 aliphatic heterocycles. The normalized spacial score (nSPS) is 19.2. The van der Waals surface area contributed by atoms with E-state index in [0.717, 1.165) is 11.1 Å². The molecule has 0 heterocycles. The Kier molecular flexibility index (Phi) is 5.26. The lowest BCUT2D eigenvalue weighted by atomic mass is 9.75. The quantitative estimate of drug-likeness (QED) is 0.763. The molecule has 0 radical (unpaired) electrons. The van der Waals surface area contributed by atoms with Crippen molar-refractivity contribution in [2.45, 2.75) is 26.1 Å². The van der Waals surface area contributed by atoms with Crippen LogP contribution in [0.2, 0.25) is 0 Å². The largest absolute Gasteiger partial charge is 0.461 e. The summed E-state index contributed by atoms with van der Waals surface area (Å²) in [4.78, 5) is 23.9. The molecule has 0 unspecified atom stereocenters. The summed E-state index contributed by atoms with van der Waals surface area (Å²) in [6, 6.07) is 19.1. The lowest BCUT2D eigenvalue weighted by Gasteiger charge is -2.31. The second-order valence-electron chi connectivity index (χ2n) is 6.05. The minimum Gasteiger partial charge on any atom is -0.461 e. The number of carbonyl (C=O) groups excluding carboxylic acids is 2. The molecule has 0 atom stereocenters. The minimum absolute atomic E-state index is 0.192. The second kappa shape index (κ2) is 7.77. The smallest absolute Gasteiger partial charge is 0.309 e. The molecule has 1 aliphatic rings. The van der Waals surface area contributed by atoms with E-state index < -0.39 is 0 Å². The molecular weight excluding hydrogens is 304 g/mol. The summed E-state index contributed by atoms with van der Waals surface area (Å²) >= 11 is 0. The molecule has 0 amide bonds. The van der Waals surface area contributed by atoms with Crippen LogP contribution in [0.3, 0.4) is 0 Å². The molecule has 0 aromatic heterocycles. The van der Waals surface area contributed by atoms with Gasteiger partial charge in [-0.3, -0.25) is 9.59 Å². The van der Waals surface area contributed by atoms with Crippen LogP contribution in [0.4, 0.5) is 0 Å². The van der Waals surface area contributed by atoms with Gasteiger partial charge in [0.2, 0.25) is 0 Å². The van der Waals surface area contributed by atoms with Gasteiger partial charge in [-0.15, -0.1) is 0 Å². The summed E-state index contributed by atoms with van der Waals surface area (Å²) in [6.45, 7) is 0.554. The highest BCUT2D eigenvalue weighted by atomic mass is 16.5. The minimum atomic E-state index is -0.231. The van der Waals surface area contributed by atoms with E-state index in [2.05, 4.69) is 0 Å². The third kappa shape index (κ3) is 4.22. The standard InChI is InChI=1S/C20H20O4/c21-19(23-13-15-7-3-1-4-8-15)17-11-18(12-17)20(22)24-14-16-9-5-2-6-10-16/h1-10,17-18H,11-14H2. The first-order valence-electron chi connectivity index (χ1n) is 8.13. The van der Waals surface area contributed by atoms with Gasteiger partial charge in [-0.05, 0) is 24.0 Å². The molecule has 0 bridgehead atoms. The van der Waals surface area contributed by atoms with Gasteiger partial charge in [-0.1, -0.05) is 60.7 Å². The first kappa shape index (κ1) is 16.2. The Bertz CT molecular complexity index is 616. The van der Waals surface area contributed by atoms with E-state index >= 15 is 0 Å². The Morgan fingerprint density at radius 2 is 1.08 bits per heavy atom. The Hall–Kier alpha value is -2.62. The summed E-state index contributed by atoms with van der Waals surface area (Å²) in [5, 5.41) is 0. The molecule has 0 saturated heterocycles. The van der Waals surface area contributed by atoms with Crippen molar-refractivity contribution < 1.29 is 19.1 Å². The van der Waals surface area contributed by atoms with Gasteiger partial charge in [-0.25, -0.2) is 0 Å². The van der Waals surface area contributed by atoms with Crippen molar-refractivity contribution in [3.05, 3.63) is 71.8 Å². The summed E-state index contributed by atoms with van der Waals surface area (Å²) in [5.74, 6) is -0.845. The molecule has 0 spiro atoms. The maximum absolute atomic E-state index is 12.0. The topological polar surface area (TPSA) is 52.6 Å². The summed E-state index contributed by atoms with van der Waals surface area (Å²) in [6.07, 6.45) is 1.03. The summed E-state index contributed by atoms with van der Waals surface area (Å²) in [7, 11) is 0. The van der Waals surface area contributed by atoms with Crippen LogP contribution in [-0.2, 0) is 32.3 Å². The summed E-state index contributed by atoms with van der Waals surface area (Å²) in [5.41, 5.74) is 1.92. The Labute approximate surface area is 141 Å². The van der Waals surface area contributed by atoms with Gasteiger partial charge in [0.25, 0.3) is 0 Å². The van der Waals surface area contributed by atoms with E-state index in [9.17, 15) is 9.59 Å². The lowest BCUT2D eigenvalue weighted by molar-refractivity contribution is -0.163. The average molecular weight is 324 g/mol. The van der Waals surface area contributed by atoms with Gasteiger partial charge >= 0.3 is 11.9 Å². The highest BCUT2D eigenvalue weighted by Gasteiger charge is 2.40. The van der Waals surface area contributed by atoms with Crippen LogP contribution in [0.5, 0.6) is 0 Å². The van der Waals surface area contributed by atoms with Crippen LogP contribution < -0.4 is 0 Å². The van der Waals surface area contributed by atoms with Crippen LogP contribution in [0.25, 0.3) is 0 Å². The number of carbonyl (C=O) groups is 2. The highest BCUT2D eigenvalue weighted by molar-refractivity contribution is 5.80. The van der Waals surface area contributed by atoms with Gasteiger partial charge in [0, 0.05) is 0 Å². The number of benzene rings is 2. The molecule has 24 heavy (non-hydrogen) atoms. The molecule has 1 aliphatic carbocycles. The van der Waals surface area contributed by atoms with Crippen molar-refractivity contribution in [2.24, 2.45) is 11.8 Å². The fourth-order valence-electron chi connectivity index (χ4n) is 2.70. The number of hydrogen-bond donors (Lipinski definition) is 0. The van der Waals surface area contributed by atoms with E-state index in [1.54, 1.807) is 0 Å². The molecule has 124 valence electrons. The molecule has 1 fully saturated rings. The van der Waals surface area contributed by atoms with Crippen molar-refractivity contribution in [1.29, 1.82) is 0 Å². The predicted octanol–water partition coefficient (Wildman–Crippen LogP) is 3.50. The van der Waals surface area contributed by atoms with E-state index in [1.165, 1.54) is 0 Å². The third-order valence-corrected chi connectivity index (χ3v) is 4.25. The van der Waals surface area contributed by atoms with E-state index in [-0.39, 0.29) is 37.0 Å². The SMILES string of the molecule is O=C(OCc1ccccc1)C1CC(C(=O)OCc2ccccc2)C1. The van der Waals surface area contributed by atoms with Crippen molar-refractivity contribution in [2.75, 3.05) is 0 Å². The van der Waals surface area contributed by atoms with Crippen LogP contribution >= 0.6 is 0 Å². The Morgan fingerprint density at radius 3 is 1.46 bits per heavy atom. The van der Waals surface area contributed by atoms with E-state index in [1.807, 2.05) is 60.7 Å². The van der Waals surface area contributed by atoms with Gasteiger partial charge < -0.3 is 9.47 Å². The molecule has 0 N–H and O–H groups in total. The predicted molar refractivity (Wildman–Crippen MR) is 88.7 cm³/mol. The zero-order valence-corrected chi connectivity index (χ0v) is 13.4. The summed E-state index contributed by atoms with van der Waals surface area (Å²) < 4.78 is 10.6. The van der Waals surface area contributed by atoms with E-state index in [0.29, 0.717) is 12.8 Å². The number of esters is 2. The fourth-order valence-corrected chi connectivity index (χ4v) is 2.70. The van der Waals surface area contributed by atoms with Crippen LogP contribution in [-0.4, -0.2) is 11.9 Å². The zero-order chi connectivity index (χ0) is 16.8. The van der Waals surface area contributed by atoms with Crippen molar-refractivity contribution >= 4 is 11.9 Å². The maximum Gasteiger partial charge on any atom is 0.309 e. The first-order valence-corrected chi connectivity index (χ1v) is 8.13. The second-order valence-corrected chi connectivity index (χ2v) is 6.05. The van der Waals surface area contributed by atoms with E-state index in [4.69, 9.17) is 9.47 Å². The zero-order valence-electron chi connectivity index (χ0n) is 13.4. The van der Waals surface area contributed by atoms with Crippen LogP contribution in [0.15, 0.2) is 60.7 Å². The van der Waals surface area contributed by atoms with Crippen molar-refractivity contribution in [1.82, 2.24) is 0 Å². The van der Waals surface area contributed by atoms with Gasteiger partial charge in [0.05, 0.1) is 11.8 Å². The Morgan fingerprint density at radius 1 is 0.708 bits per heavy atom. The molecule has 4 nitrogen and oxygen atoms in total. The van der Waals surface area contributed by atoms with Crippen LogP contribution in [0, 0.1) is 11.8 Å². The first-order chi connectivity index (χ1) is 11.7. The average Bonchev–Trinajstić information content (AvgIpc) is 2.59. The molecule has 1 saturated carbocycles. The number of rotatable bonds is 6. The van der Waals surface area contributed by atoms with Crippen molar-refractivity contribution in [3.63, 3.8) is 0 Å². The molecular formula is C20H20O4. The molecule has 4 heteroatoms.